The maximum absolute atomic E-state index is 12.4. The molecule has 0 aliphatic rings. The van der Waals surface area contributed by atoms with Crippen molar-refractivity contribution in [3.8, 4) is 21.8 Å². The maximum atomic E-state index is 12.4. The Balaban J connectivity index is 2.00. The number of pyridine rings is 2. The van der Waals surface area contributed by atoms with Crippen LogP contribution in [0.5, 0.6) is 0 Å². The van der Waals surface area contributed by atoms with Crippen LogP contribution in [0.25, 0.3) is 21.8 Å². The highest BCUT2D eigenvalue weighted by molar-refractivity contribution is 7.13. The summed E-state index contributed by atoms with van der Waals surface area (Å²) in [5, 5.41) is 2.35. The molecule has 0 saturated carbocycles. The zero-order valence-electron chi connectivity index (χ0n) is 16.1. The Morgan fingerprint density at radius 1 is 1.34 bits per heavy atom. The summed E-state index contributed by atoms with van der Waals surface area (Å²) in [6, 6.07) is 4.28. The third-order valence-corrected chi connectivity index (χ3v) is 5.07. The number of urea groups is 1. The van der Waals surface area contributed by atoms with Crippen molar-refractivity contribution in [2.45, 2.75) is 13.8 Å². The van der Waals surface area contributed by atoms with Crippen molar-refractivity contribution in [2.24, 2.45) is 5.73 Å². The lowest BCUT2D eigenvalue weighted by atomic mass is 10.1. The molecule has 3 rings (SSSR count). The van der Waals surface area contributed by atoms with Gasteiger partial charge in [0.1, 0.15) is 10.8 Å². The minimum Gasteiger partial charge on any atom is -0.462 e. The number of hydrogen-bond acceptors (Lipinski definition) is 7. The van der Waals surface area contributed by atoms with E-state index in [0.717, 1.165) is 0 Å². The van der Waals surface area contributed by atoms with E-state index in [1.54, 1.807) is 37.6 Å². The van der Waals surface area contributed by atoms with Crippen LogP contribution in [0.4, 0.5) is 10.6 Å². The molecule has 0 spiro atoms. The zero-order chi connectivity index (χ0) is 21.1. The van der Waals surface area contributed by atoms with Crippen LogP contribution in [0.1, 0.15) is 23.0 Å². The molecular formula is C19H19N5O4S. The predicted molar refractivity (Wildman–Crippen MR) is 110 cm³/mol. The van der Waals surface area contributed by atoms with Crippen molar-refractivity contribution in [3.63, 3.8) is 0 Å². The number of carbonyl (C=O) groups excluding carboxylic acids is 2. The number of anilines is 1. The van der Waals surface area contributed by atoms with Gasteiger partial charge in [-0.1, -0.05) is 0 Å². The van der Waals surface area contributed by atoms with Crippen molar-refractivity contribution in [2.75, 3.05) is 18.6 Å². The van der Waals surface area contributed by atoms with Crippen molar-refractivity contribution < 1.29 is 14.3 Å². The predicted octanol–water partition coefficient (Wildman–Crippen LogP) is 2.56. The molecule has 0 aliphatic heterocycles. The first-order valence-electron chi connectivity index (χ1n) is 8.68. The lowest BCUT2D eigenvalue weighted by molar-refractivity contribution is 0.0525. The summed E-state index contributed by atoms with van der Waals surface area (Å²) >= 11 is 1.32. The summed E-state index contributed by atoms with van der Waals surface area (Å²) < 4.78 is 5.04. The summed E-state index contributed by atoms with van der Waals surface area (Å²) in [6.07, 6.45) is 1.54. The van der Waals surface area contributed by atoms with Crippen molar-refractivity contribution in [3.05, 3.63) is 51.4 Å². The van der Waals surface area contributed by atoms with E-state index in [4.69, 9.17) is 10.5 Å². The molecule has 3 aromatic rings. The number of ether oxygens (including phenoxy) is 1. The summed E-state index contributed by atoms with van der Waals surface area (Å²) in [4.78, 5) is 48.4. The van der Waals surface area contributed by atoms with Gasteiger partial charge in [-0.15, -0.1) is 11.3 Å². The molecule has 0 atom stereocenters. The minimum atomic E-state index is -0.632. The van der Waals surface area contributed by atoms with Gasteiger partial charge in [-0.3, -0.25) is 9.69 Å². The monoisotopic (exact) mass is 413 g/mol. The van der Waals surface area contributed by atoms with Gasteiger partial charge < -0.3 is 15.5 Å². The Kier molecular flexibility index (Phi) is 5.74. The van der Waals surface area contributed by atoms with Crippen LogP contribution in [0.3, 0.4) is 0 Å². The van der Waals surface area contributed by atoms with Gasteiger partial charge in [-0.25, -0.2) is 19.6 Å². The van der Waals surface area contributed by atoms with Gasteiger partial charge in [0.25, 0.3) is 5.56 Å². The van der Waals surface area contributed by atoms with Gasteiger partial charge in [0.05, 0.1) is 23.4 Å². The van der Waals surface area contributed by atoms with E-state index >= 15 is 0 Å². The van der Waals surface area contributed by atoms with Crippen LogP contribution in [0.15, 0.2) is 34.6 Å². The van der Waals surface area contributed by atoms with E-state index in [-0.39, 0.29) is 23.3 Å². The molecule has 0 radical (unpaired) electrons. The fourth-order valence-corrected chi connectivity index (χ4v) is 3.43. The van der Waals surface area contributed by atoms with Crippen LogP contribution in [0, 0.1) is 6.92 Å². The standard InChI is InChI=1S/C19H19N5O4S/c1-4-28-18(26)12-8-13(16(25)22-10(12)2)14-9-29-17(23-14)11-5-6-21-15(7-11)24(3)19(20)27/h5-9H,4H2,1-3H3,(H2,20,27)(H,22,25). The Morgan fingerprint density at radius 2 is 2.10 bits per heavy atom. The second kappa shape index (κ2) is 8.23. The van der Waals surface area contributed by atoms with Gasteiger partial charge in [0.15, 0.2) is 0 Å². The first-order valence-corrected chi connectivity index (χ1v) is 9.56. The van der Waals surface area contributed by atoms with E-state index in [2.05, 4.69) is 15.0 Å². The lowest BCUT2D eigenvalue weighted by Crippen LogP contribution is -2.32. The highest BCUT2D eigenvalue weighted by Gasteiger charge is 2.17. The molecule has 29 heavy (non-hydrogen) atoms. The van der Waals surface area contributed by atoms with Crippen LogP contribution < -0.4 is 16.2 Å². The second-order valence-corrected chi connectivity index (χ2v) is 6.97. The number of primary amides is 1. The maximum Gasteiger partial charge on any atom is 0.339 e. The summed E-state index contributed by atoms with van der Waals surface area (Å²) in [5.74, 6) is -0.129. The molecule has 3 heterocycles. The molecule has 0 aromatic carbocycles. The van der Waals surface area contributed by atoms with E-state index in [1.807, 2.05) is 0 Å². The Hall–Kier alpha value is -3.53. The van der Waals surface area contributed by atoms with Gasteiger partial charge >= 0.3 is 12.0 Å². The minimum absolute atomic E-state index is 0.234. The van der Waals surface area contributed by atoms with E-state index in [0.29, 0.717) is 27.8 Å². The number of thiazole rings is 1. The highest BCUT2D eigenvalue weighted by atomic mass is 32.1. The molecule has 0 saturated heterocycles. The number of nitrogens with zero attached hydrogens (tertiary/aromatic N) is 3. The number of rotatable bonds is 5. The number of nitrogens with two attached hydrogens (primary N) is 1. The second-order valence-electron chi connectivity index (χ2n) is 6.11. The van der Waals surface area contributed by atoms with E-state index in [9.17, 15) is 14.4 Å². The third kappa shape index (κ3) is 4.16. The Labute approximate surface area is 170 Å². The number of hydrogen-bond donors (Lipinski definition) is 2. The van der Waals surface area contributed by atoms with Gasteiger partial charge in [0, 0.05) is 29.9 Å². The number of aryl methyl sites for hydroxylation is 1. The molecule has 3 N–H and O–H groups in total. The highest BCUT2D eigenvalue weighted by Crippen LogP contribution is 2.29. The summed E-state index contributed by atoms with van der Waals surface area (Å²) in [5.41, 5.74) is 7.06. The quantitative estimate of drug-likeness (QED) is 0.618. The molecule has 0 aliphatic carbocycles. The molecule has 3 aromatic heterocycles. The Bertz CT molecular complexity index is 1140. The lowest BCUT2D eigenvalue weighted by Gasteiger charge is -2.13. The average Bonchev–Trinajstić information content (AvgIpc) is 3.17. The molecule has 150 valence electrons. The third-order valence-electron chi connectivity index (χ3n) is 4.18. The van der Waals surface area contributed by atoms with Crippen LogP contribution in [0.2, 0.25) is 0 Å². The first-order chi connectivity index (χ1) is 13.8. The van der Waals surface area contributed by atoms with Crippen LogP contribution in [-0.2, 0) is 4.74 Å². The topological polar surface area (TPSA) is 131 Å². The van der Waals surface area contributed by atoms with E-state index in [1.165, 1.54) is 29.4 Å². The smallest absolute Gasteiger partial charge is 0.339 e. The van der Waals surface area contributed by atoms with Crippen molar-refractivity contribution in [1.29, 1.82) is 0 Å². The average molecular weight is 413 g/mol. The van der Waals surface area contributed by atoms with Crippen LogP contribution >= 0.6 is 11.3 Å². The zero-order valence-corrected chi connectivity index (χ0v) is 16.9. The van der Waals surface area contributed by atoms with Gasteiger partial charge in [-0.05, 0) is 32.0 Å². The fraction of sp³-hybridized carbons (Fsp3) is 0.211. The fourth-order valence-electron chi connectivity index (χ4n) is 2.61. The molecule has 0 fully saturated rings. The number of nitrogens with one attached hydrogen (secondary N) is 1. The van der Waals surface area contributed by atoms with Crippen molar-refractivity contribution in [1.82, 2.24) is 15.0 Å². The molecule has 9 nitrogen and oxygen atoms in total. The van der Waals surface area contributed by atoms with Gasteiger partial charge in [0.2, 0.25) is 0 Å². The number of esters is 1. The number of carbonyl (C=O) groups is 2. The molecule has 10 heteroatoms. The SMILES string of the molecule is CCOC(=O)c1cc(-c2csc(-c3ccnc(N(C)C(N)=O)c3)n2)c(=O)[nH]c1C. The van der Waals surface area contributed by atoms with E-state index < -0.39 is 12.0 Å². The Morgan fingerprint density at radius 3 is 2.79 bits per heavy atom. The number of aromatic nitrogens is 3. The van der Waals surface area contributed by atoms with Crippen molar-refractivity contribution >= 4 is 29.2 Å². The molecule has 2 amide bonds. The molecule has 0 unspecified atom stereocenters. The van der Waals surface area contributed by atoms with Crippen LogP contribution in [-0.4, -0.2) is 40.6 Å². The number of amides is 2. The summed E-state index contributed by atoms with van der Waals surface area (Å²) in [7, 11) is 1.52. The first kappa shape index (κ1) is 20.2. The number of H-pyrrole nitrogens is 1. The summed E-state index contributed by atoms with van der Waals surface area (Å²) in [6.45, 7) is 3.58. The normalized spacial score (nSPS) is 10.6. The largest absolute Gasteiger partial charge is 0.462 e. The molecule has 0 bridgehead atoms. The van der Waals surface area contributed by atoms with Gasteiger partial charge in [-0.2, -0.15) is 0 Å². The number of aromatic amines is 1. The molecular weight excluding hydrogens is 394 g/mol.